The lowest BCUT2D eigenvalue weighted by molar-refractivity contribution is 0.0957. The van der Waals surface area contributed by atoms with Gasteiger partial charge in [-0.15, -0.1) is 34.0 Å². The summed E-state index contributed by atoms with van der Waals surface area (Å²) >= 11 is 5.19. The van der Waals surface area contributed by atoms with Crippen LogP contribution in [0.4, 0.5) is 0 Å². The maximum absolute atomic E-state index is 12.2. The monoisotopic (exact) mass is 375 g/mol. The Morgan fingerprint density at radius 1 is 1.04 bits per heavy atom. The van der Waals surface area contributed by atoms with Crippen LogP contribution in [0.2, 0.25) is 0 Å². The van der Waals surface area contributed by atoms with Gasteiger partial charge in [-0.1, -0.05) is 13.3 Å². The molecule has 0 saturated carbocycles. The zero-order valence-electron chi connectivity index (χ0n) is 14.1. The van der Waals surface area contributed by atoms with Crippen molar-refractivity contribution in [3.63, 3.8) is 0 Å². The first-order valence-electron chi connectivity index (χ1n) is 8.13. The van der Waals surface area contributed by atoms with Gasteiger partial charge in [-0.3, -0.25) is 4.79 Å². The van der Waals surface area contributed by atoms with Gasteiger partial charge in [-0.2, -0.15) is 0 Å². The summed E-state index contributed by atoms with van der Waals surface area (Å²) in [6.07, 6.45) is 2.12. The normalized spacial score (nSPS) is 11.0. The van der Waals surface area contributed by atoms with Gasteiger partial charge in [-0.05, 0) is 61.0 Å². The molecule has 0 aliphatic carbocycles. The lowest BCUT2D eigenvalue weighted by Crippen LogP contribution is -2.23. The highest BCUT2D eigenvalue weighted by molar-refractivity contribution is 7.26. The van der Waals surface area contributed by atoms with Crippen molar-refractivity contribution in [1.29, 1.82) is 0 Å². The van der Waals surface area contributed by atoms with Crippen LogP contribution in [-0.2, 0) is 0 Å². The van der Waals surface area contributed by atoms with Crippen molar-refractivity contribution in [2.75, 3.05) is 6.54 Å². The maximum atomic E-state index is 12.2. The molecule has 5 heteroatoms. The predicted octanol–water partition coefficient (Wildman–Crippen LogP) is 6.35. The fourth-order valence-corrected chi connectivity index (χ4v) is 5.87. The summed E-state index contributed by atoms with van der Waals surface area (Å²) in [5, 5.41) is 5.13. The van der Waals surface area contributed by atoms with Gasteiger partial charge in [0.2, 0.25) is 0 Å². The van der Waals surface area contributed by atoms with Crippen LogP contribution in [0.5, 0.6) is 0 Å². The molecule has 0 bridgehead atoms. The molecule has 0 spiro atoms. The lowest BCUT2D eigenvalue weighted by atomic mass is 10.2. The van der Waals surface area contributed by atoms with Gasteiger partial charge >= 0.3 is 0 Å². The van der Waals surface area contributed by atoms with Gasteiger partial charge in [0.05, 0.1) is 4.88 Å². The average molecular weight is 376 g/mol. The molecule has 1 N–H and O–H groups in total. The van der Waals surface area contributed by atoms with Crippen LogP contribution >= 0.6 is 34.0 Å². The SMILES string of the molecule is CCCCNC(=O)c1ccc(-c2cc(C)c(-c3sccc3C)s2)s1. The summed E-state index contributed by atoms with van der Waals surface area (Å²) in [7, 11) is 0. The number of hydrogen-bond donors (Lipinski definition) is 1. The molecule has 0 atom stereocenters. The first-order chi connectivity index (χ1) is 11.6. The van der Waals surface area contributed by atoms with E-state index in [1.54, 1.807) is 22.7 Å². The third-order valence-corrected chi connectivity index (χ3v) is 7.57. The molecule has 3 rings (SSSR count). The van der Waals surface area contributed by atoms with Crippen LogP contribution in [0.1, 0.15) is 40.6 Å². The lowest BCUT2D eigenvalue weighted by Gasteiger charge is -2.00. The first-order valence-corrected chi connectivity index (χ1v) is 10.6. The molecule has 0 aliphatic rings. The van der Waals surface area contributed by atoms with Gasteiger partial charge in [0.25, 0.3) is 5.91 Å². The van der Waals surface area contributed by atoms with Crippen molar-refractivity contribution in [1.82, 2.24) is 5.32 Å². The highest BCUT2D eigenvalue weighted by atomic mass is 32.1. The number of thiophene rings is 3. The minimum atomic E-state index is 0.0438. The van der Waals surface area contributed by atoms with E-state index in [4.69, 9.17) is 0 Å². The van der Waals surface area contributed by atoms with Crippen LogP contribution in [0.15, 0.2) is 29.6 Å². The van der Waals surface area contributed by atoms with E-state index in [2.05, 4.69) is 49.7 Å². The molecule has 3 heterocycles. The molecule has 126 valence electrons. The van der Waals surface area contributed by atoms with E-state index in [0.29, 0.717) is 0 Å². The Kier molecular flexibility index (Phi) is 5.54. The van der Waals surface area contributed by atoms with E-state index < -0.39 is 0 Å². The smallest absolute Gasteiger partial charge is 0.261 e. The molecule has 3 aromatic heterocycles. The minimum absolute atomic E-state index is 0.0438. The van der Waals surface area contributed by atoms with Crippen molar-refractivity contribution in [2.45, 2.75) is 33.6 Å². The number of aryl methyl sites for hydroxylation is 2. The van der Waals surface area contributed by atoms with Gasteiger partial charge in [0.15, 0.2) is 0 Å². The van der Waals surface area contributed by atoms with Crippen LogP contribution in [0.3, 0.4) is 0 Å². The number of carbonyl (C=O) groups is 1. The third kappa shape index (κ3) is 3.63. The van der Waals surface area contributed by atoms with Crippen molar-refractivity contribution < 1.29 is 4.79 Å². The molecule has 0 radical (unpaired) electrons. The highest BCUT2D eigenvalue weighted by Gasteiger charge is 2.15. The Morgan fingerprint density at radius 3 is 2.58 bits per heavy atom. The topological polar surface area (TPSA) is 29.1 Å². The van der Waals surface area contributed by atoms with Crippen molar-refractivity contribution in [3.8, 4) is 19.5 Å². The summed E-state index contributed by atoms with van der Waals surface area (Å²) in [6.45, 7) is 7.21. The fraction of sp³-hybridized carbons (Fsp3) is 0.316. The Labute approximate surface area is 155 Å². The van der Waals surface area contributed by atoms with Gasteiger partial charge < -0.3 is 5.32 Å². The highest BCUT2D eigenvalue weighted by Crippen LogP contribution is 2.42. The van der Waals surface area contributed by atoms with Crippen LogP contribution < -0.4 is 5.32 Å². The minimum Gasteiger partial charge on any atom is -0.351 e. The molecule has 1 amide bonds. The number of hydrogen-bond acceptors (Lipinski definition) is 4. The molecular weight excluding hydrogens is 354 g/mol. The van der Waals surface area contributed by atoms with E-state index in [9.17, 15) is 4.79 Å². The van der Waals surface area contributed by atoms with Gasteiger partial charge in [-0.25, -0.2) is 0 Å². The zero-order chi connectivity index (χ0) is 17.1. The van der Waals surface area contributed by atoms with E-state index in [0.717, 1.165) is 24.3 Å². The van der Waals surface area contributed by atoms with Crippen LogP contribution in [0, 0.1) is 13.8 Å². The summed E-state index contributed by atoms with van der Waals surface area (Å²) < 4.78 is 0. The van der Waals surface area contributed by atoms with Crippen molar-refractivity contribution >= 4 is 39.9 Å². The van der Waals surface area contributed by atoms with Crippen molar-refractivity contribution in [2.24, 2.45) is 0 Å². The summed E-state index contributed by atoms with van der Waals surface area (Å²) in [5.41, 5.74) is 2.64. The summed E-state index contributed by atoms with van der Waals surface area (Å²) in [5.74, 6) is 0.0438. The van der Waals surface area contributed by atoms with Crippen LogP contribution in [0.25, 0.3) is 19.5 Å². The standard InChI is InChI=1S/C19H21NOS3/c1-4-5-9-20-19(21)15-7-6-14(23-15)16-11-13(3)18(24-16)17-12(2)8-10-22-17/h6-8,10-11H,4-5,9H2,1-3H3,(H,20,21). The molecule has 0 fully saturated rings. The Hall–Kier alpha value is -1.43. The van der Waals surface area contributed by atoms with Crippen molar-refractivity contribution in [3.05, 3.63) is 45.6 Å². The molecule has 24 heavy (non-hydrogen) atoms. The predicted molar refractivity (Wildman–Crippen MR) is 108 cm³/mol. The number of unbranched alkanes of at least 4 members (excludes halogenated alkanes) is 1. The Morgan fingerprint density at radius 2 is 1.88 bits per heavy atom. The third-order valence-electron chi connectivity index (χ3n) is 3.87. The molecule has 0 unspecified atom stereocenters. The second-order valence-corrected chi connectivity index (χ2v) is 8.88. The van der Waals surface area contributed by atoms with E-state index in [1.807, 2.05) is 17.4 Å². The summed E-state index contributed by atoms with van der Waals surface area (Å²) in [4.78, 5) is 18.1. The average Bonchev–Trinajstić information content (AvgIpc) is 3.27. The second-order valence-electron chi connectivity index (χ2n) is 5.83. The number of amides is 1. The Bertz CT molecular complexity index is 841. The fourth-order valence-electron chi connectivity index (χ4n) is 2.49. The van der Waals surface area contributed by atoms with Gasteiger partial charge in [0, 0.05) is 26.1 Å². The second kappa shape index (κ2) is 7.64. The number of rotatable bonds is 6. The number of nitrogens with one attached hydrogen (secondary N) is 1. The Balaban J connectivity index is 1.81. The van der Waals surface area contributed by atoms with E-state index >= 15 is 0 Å². The molecule has 3 aromatic rings. The molecule has 0 aliphatic heterocycles. The maximum Gasteiger partial charge on any atom is 0.261 e. The zero-order valence-corrected chi connectivity index (χ0v) is 16.6. The number of carbonyl (C=O) groups excluding carboxylic acids is 1. The summed E-state index contributed by atoms with van der Waals surface area (Å²) in [6, 6.07) is 8.41. The first kappa shape index (κ1) is 17.4. The molecule has 2 nitrogen and oxygen atoms in total. The van der Waals surface area contributed by atoms with E-state index in [1.165, 1.54) is 30.6 Å². The molecular formula is C19H21NOS3. The molecule has 0 saturated heterocycles. The quantitative estimate of drug-likeness (QED) is 0.500. The van der Waals surface area contributed by atoms with Gasteiger partial charge in [0.1, 0.15) is 0 Å². The molecule has 0 aromatic carbocycles. The van der Waals surface area contributed by atoms with Crippen LogP contribution in [-0.4, -0.2) is 12.5 Å². The van der Waals surface area contributed by atoms with E-state index in [-0.39, 0.29) is 5.91 Å². The largest absolute Gasteiger partial charge is 0.351 e.